The largest absolute Gasteiger partial charge is 0.319 e. The second kappa shape index (κ2) is 5.41. The number of hydrogen-bond donors (Lipinski definition) is 1. The van der Waals surface area contributed by atoms with Crippen LogP contribution in [0, 0.1) is 19.7 Å². The smallest absolute Gasteiger partial charge is 0.256 e. The first-order valence-electron chi connectivity index (χ1n) is 5.81. The molecule has 0 atom stereocenters. The normalized spacial score (nSPS) is 10.3. The van der Waals surface area contributed by atoms with Gasteiger partial charge in [-0.05, 0) is 37.6 Å². The molecule has 0 aliphatic carbocycles. The maximum Gasteiger partial charge on any atom is 0.256 e. The van der Waals surface area contributed by atoms with Gasteiger partial charge in [0.25, 0.3) is 5.91 Å². The average molecular weight is 278 g/mol. The highest BCUT2D eigenvalue weighted by atomic mass is 35.5. The van der Waals surface area contributed by atoms with Crippen molar-refractivity contribution in [2.45, 2.75) is 13.8 Å². The Labute approximate surface area is 116 Å². The number of anilines is 1. The minimum absolute atomic E-state index is 0.0153. The van der Waals surface area contributed by atoms with Gasteiger partial charge in [-0.25, -0.2) is 4.39 Å². The van der Waals surface area contributed by atoms with Gasteiger partial charge >= 0.3 is 0 Å². The summed E-state index contributed by atoms with van der Waals surface area (Å²) in [4.78, 5) is 12.1. The van der Waals surface area contributed by atoms with E-state index < -0.39 is 5.82 Å². The Hall–Kier alpha value is -1.87. The molecule has 0 aromatic heterocycles. The summed E-state index contributed by atoms with van der Waals surface area (Å²) in [5.41, 5.74) is 2.52. The van der Waals surface area contributed by atoms with Crippen LogP contribution in [0.5, 0.6) is 0 Å². The van der Waals surface area contributed by atoms with E-state index in [4.69, 9.17) is 11.6 Å². The standard InChI is InChI=1S/C15H13ClFNO/c1-9-6-7-11(10(2)8-9)15(19)18-13-5-3-4-12(16)14(13)17/h3-8H,1-2H3,(H,18,19). The van der Waals surface area contributed by atoms with E-state index in [0.29, 0.717) is 5.56 Å². The molecule has 0 aliphatic rings. The molecule has 0 saturated heterocycles. The number of carbonyl (C=O) groups is 1. The van der Waals surface area contributed by atoms with Crippen molar-refractivity contribution >= 4 is 23.2 Å². The lowest BCUT2D eigenvalue weighted by molar-refractivity contribution is 0.102. The highest BCUT2D eigenvalue weighted by Crippen LogP contribution is 2.23. The Morgan fingerprint density at radius 1 is 1.21 bits per heavy atom. The minimum atomic E-state index is -0.623. The number of benzene rings is 2. The average Bonchev–Trinajstić information content (AvgIpc) is 2.34. The Kier molecular flexibility index (Phi) is 3.86. The monoisotopic (exact) mass is 277 g/mol. The van der Waals surface area contributed by atoms with Gasteiger partial charge in [0.05, 0.1) is 10.7 Å². The lowest BCUT2D eigenvalue weighted by atomic mass is 10.1. The van der Waals surface area contributed by atoms with Crippen molar-refractivity contribution < 1.29 is 9.18 Å². The van der Waals surface area contributed by atoms with Crippen molar-refractivity contribution in [3.05, 3.63) is 63.9 Å². The summed E-state index contributed by atoms with van der Waals surface area (Å²) in [5, 5.41) is 2.51. The molecule has 0 radical (unpaired) electrons. The van der Waals surface area contributed by atoms with Crippen molar-refractivity contribution in [1.82, 2.24) is 0 Å². The second-order valence-corrected chi connectivity index (χ2v) is 4.78. The zero-order valence-electron chi connectivity index (χ0n) is 10.6. The molecule has 2 nitrogen and oxygen atoms in total. The number of amides is 1. The molecule has 2 aromatic rings. The van der Waals surface area contributed by atoms with Gasteiger partial charge in [0, 0.05) is 5.56 Å². The SMILES string of the molecule is Cc1ccc(C(=O)Nc2cccc(Cl)c2F)c(C)c1. The molecular weight excluding hydrogens is 265 g/mol. The lowest BCUT2D eigenvalue weighted by Crippen LogP contribution is -2.14. The van der Waals surface area contributed by atoms with Crippen LogP contribution < -0.4 is 5.32 Å². The van der Waals surface area contributed by atoms with Crippen LogP contribution in [0.25, 0.3) is 0 Å². The highest BCUT2D eigenvalue weighted by Gasteiger charge is 2.13. The number of aryl methyl sites for hydroxylation is 2. The van der Waals surface area contributed by atoms with Crippen molar-refractivity contribution in [3.8, 4) is 0 Å². The van der Waals surface area contributed by atoms with Gasteiger partial charge in [-0.15, -0.1) is 0 Å². The first kappa shape index (κ1) is 13.6. The quantitative estimate of drug-likeness (QED) is 0.869. The van der Waals surface area contributed by atoms with Crippen molar-refractivity contribution in [2.75, 3.05) is 5.32 Å². The summed E-state index contributed by atoms with van der Waals surface area (Å²) in [7, 11) is 0. The molecular formula is C15H13ClFNO. The van der Waals surface area contributed by atoms with Crippen molar-refractivity contribution in [3.63, 3.8) is 0 Å². The number of nitrogens with one attached hydrogen (secondary N) is 1. The fraction of sp³-hybridized carbons (Fsp3) is 0.133. The molecule has 4 heteroatoms. The van der Waals surface area contributed by atoms with Gasteiger partial charge in [-0.3, -0.25) is 4.79 Å². The summed E-state index contributed by atoms with van der Waals surface area (Å²) in [6, 6.07) is 9.97. The maximum atomic E-state index is 13.7. The van der Waals surface area contributed by atoms with Gasteiger partial charge in [0.1, 0.15) is 0 Å². The zero-order valence-corrected chi connectivity index (χ0v) is 11.4. The molecule has 0 unspecified atom stereocenters. The second-order valence-electron chi connectivity index (χ2n) is 4.37. The van der Waals surface area contributed by atoms with Crippen LogP contribution in [-0.4, -0.2) is 5.91 Å². The molecule has 19 heavy (non-hydrogen) atoms. The third kappa shape index (κ3) is 2.93. The molecule has 0 heterocycles. The van der Waals surface area contributed by atoms with Gasteiger partial charge < -0.3 is 5.32 Å². The van der Waals surface area contributed by atoms with Gasteiger partial charge in [-0.1, -0.05) is 35.4 Å². The fourth-order valence-corrected chi connectivity index (χ4v) is 2.03. The number of carbonyl (C=O) groups excluding carboxylic acids is 1. The molecule has 1 amide bonds. The Balaban J connectivity index is 2.28. The first-order chi connectivity index (χ1) is 8.99. The third-order valence-corrected chi connectivity index (χ3v) is 3.12. The summed E-state index contributed by atoms with van der Waals surface area (Å²) in [5.74, 6) is -0.971. The molecule has 2 rings (SSSR count). The molecule has 0 aliphatic heterocycles. The van der Waals surface area contributed by atoms with E-state index in [-0.39, 0.29) is 16.6 Å². The molecule has 1 N–H and O–H groups in total. The maximum absolute atomic E-state index is 13.7. The lowest BCUT2D eigenvalue weighted by Gasteiger charge is -2.09. The van der Waals surface area contributed by atoms with Crippen LogP contribution in [0.1, 0.15) is 21.5 Å². The van der Waals surface area contributed by atoms with E-state index in [9.17, 15) is 9.18 Å². The number of hydrogen-bond acceptors (Lipinski definition) is 1. The van der Waals surface area contributed by atoms with E-state index in [1.165, 1.54) is 12.1 Å². The van der Waals surface area contributed by atoms with Crippen LogP contribution in [0.4, 0.5) is 10.1 Å². The Bertz CT molecular complexity index is 640. The minimum Gasteiger partial charge on any atom is -0.319 e. The van der Waals surface area contributed by atoms with E-state index in [1.54, 1.807) is 12.1 Å². The first-order valence-corrected chi connectivity index (χ1v) is 6.19. The van der Waals surface area contributed by atoms with Crippen LogP contribution in [0.2, 0.25) is 5.02 Å². The number of rotatable bonds is 2. The van der Waals surface area contributed by atoms with E-state index >= 15 is 0 Å². The van der Waals surface area contributed by atoms with Crippen LogP contribution in [0.15, 0.2) is 36.4 Å². The predicted molar refractivity (Wildman–Crippen MR) is 75.3 cm³/mol. The summed E-state index contributed by atoms with van der Waals surface area (Å²) in [6.45, 7) is 3.79. The van der Waals surface area contributed by atoms with E-state index in [2.05, 4.69) is 5.32 Å². The van der Waals surface area contributed by atoms with Gasteiger partial charge in [0.15, 0.2) is 5.82 Å². The predicted octanol–water partition coefficient (Wildman–Crippen LogP) is 4.35. The Morgan fingerprint density at radius 2 is 1.95 bits per heavy atom. The summed E-state index contributed by atoms with van der Waals surface area (Å²) < 4.78 is 13.7. The zero-order chi connectivity index (χ0) is 14.0. The number of halogens is 2. The van der Waals surface area contributed by atoms with Gasteiger partial charge in [-0.2, -0.15) is 0 Å². The van der Waals surface area contributed by atoms with Crippen LogP contribution >= 0.6 is 11.6 Å². The summed E-state index contributed by atoms with van der Waals surface area (Å²) in [6.07, 6.45) is 0. The Morgan fingerprint density at radius 3 is 2.63 bits per heavy atom. The fourth-order valence-electron chi connectivity index (χ4n) is 1.86. The van der Waals surface area contributed by atoms with Crippen molar-refractivity contribution in [2.24, 2.45) is 0 Å². The van der Waals surface area contributed by atoms with Gasteiger partial charge in [0.2, 0.25) is 0 Å². The molecule has 0 saturated carbocycles. The molecule has 0 fully saturated rings. The third-order valence-electron chi connectivity index (χ3n) is 2.83. The molecule has 0 spiro atoms. The molecule has 98 valence electrons. The molecule has 0 bridgehead atoms. The topological polar surface area (TPSA) is 29.1 Å². The van der Waals surface area contributed by atoms with Crippen molar-refractivity contribution in [1.29, 1.82) is 0 Å². The van der Waals surface area contributed by atoms with Crippen LogP contribution in [0.3, 0.4) is 0 Å². The van der Waals surface area contributed by atoms with Crippen LogP contribution in [-0.2, 0) is 0 Å². The van der Waals surface area contributed by atoms with E-state index in [0.717, 1.165) is 11.1 Å². The van der Waals surface area contributed by atoms with E-state index in [1.807, 2.05) is 26.0 Å². The summed E-state index contributed by atoms with van der Waals surface area (Å²) >= 11 is 5.67. The molecule has 2 aromatic carbocycles. The highest BCUT2D eigenvalue weighted by molar-refractivity contribution is 6.31.